The maximum Gasteiger partial charge on any atom is 0.152 e. The third-order valence-electron chi connectivity index (χ3n) is 6.63. The fourth-order valence-electron chi connectivity index (χ4n) is 4.64. The highest BCUT2D eigenvalue weighted by molar-refractivity contribution is 6.32. The summed E-state index contributed by atoms with van der Waals surface area (Å²) in [5, 5.41) is 1.70. The van der Waals surface area contributed by atoms with Gasteiger partial charge in [-0.3, -0.25) is 9.88 Å². The molecule has 1 aliphatic rings. The molecule has 3 heterocycles. The molecule has 5 nitrogen and oxygen atoms in total. The topological polar surface area (TPSA) is 35.5 Å². The average Bonchev–Trinajstić information content (AvgIpc) is 2.88. The van der Waals surface area contributed by atoms with Crippen LogP contribution in [-0.4, -0.2) is 61.7 Å². The maximum absolute atomic E-state index is 6.30. The number of rotatable bonds is 6. The Morgan fingerprint density at radius 2 is 1.68 bits per heavy atom. The number of benzene rings is 2. The first-order valence-electron chi connectivity index (χ1n) is 11.8. The van der Waals surface area contributed by atoms with Crippen LogP contribution in [0.5, 0.6) is 0 Å². The molecule has 0 radical (unpaired) electrons. The standard InChI is InChI=1S/C28H30ClN5/c1-32(2)27-19-23(20-31-28(27)29)22-8-9-25-24(18-22)26(10-12-30-25)34-16-14-33(15-17-34)13-11-21-6-4-3-5-7-21/h3-10,12,18-20H,11,13-17H2,1-2H3. The van der Waals surface area contributed by atoms with Gasteiger partial charge in [0, 0.05) is 75.8 Å². The van der Waals surface area contributed by atoms with E-state index in [0.29, 0.717) is 5.15 Å². The van der Waals surface area contributed by atoms with E-state index in [1.54, 1.807) is 0 Å². The molecule has 0 unspecified atom stereocenters. The third kappa shape index (κ3) is 4.86. The normalized spacial score (nSPS) is 14.5. The van der Waals surface area contributed by atoms with Crippen LogP contribution < -0.4 is 9.80 Å². The summed E-state index contributed by atoms with van der Waals surface area (Å²) >= 11 is 6.30. The van der Waals surface area contributed by atoms with Gasteiger partial charge < -0.3 is 9.80 Å². The Hall–Kier alpha value is -3.15. The molecule has 5 rings (SSSR count). The highest BCUT2D eigenvalue weighted by Gasteiger charge is 2.19. The Bertz CT molecular complexity index is 1270. The van der Waals surface area contributed by atoms with E-state index in [0.717, 1.165) is 61.5 Å². The van der Waals surface area contributed by atoms with Crippen LogP contribution in [-0.2, 0) is 6.42 Å². The van der Waals surface area contributed by atoms with E-state index in [2.05, 4.69) is 80.4 Å². The van der Waals surface area contributed by atoms with Crippen LogP contribution in [0.3, 0.4) is 0 Å². The number of anilines is 2. The first-order valence-corrected chi connectivity index (χ1v) is 12.2. The zero-order valence-electron chi connectivity index (χ0n) is 19.8. The zero-order valence-corrected chi connectivity index (χ0v) is 20.5. The third-order valence-corrected chi connectivity index (χ3v) is 6.92. The van der Waals surface area contributed by atoms with Crippen molar-refractivity contribution in [3.05, 3.63) is 83.8 Å². The first kappa shape index (κ1) is 22.6. The molecule has 0 atom stereocenters. The second-order valence-electron chi connectivity index (χ2n) is 9.05. The molecule has 1 fully saturated rings. The fourth-order valence-corrected chi connectivity index (χ4v) is 4.91. The molecule has 0 amide bonds. The van der Waals surface area contributed by atoms with E-state index in [9.17, 15) is 0 Å². The van der Waals surface area contributed by atoms with Crippen molar-refractivity contribution in [2.75, 3.05) is 56.6 Å². The van der Waals surface area contributed by atoms with E-state index >= 15 is 0 Å². The molecule has 1 aliphatic heterocycles. The van der Waals surface area contributed by atoms with Gasteiger partial charge in [0.05, 0.1) is 11.2 Å². The summed E-state index contributed by atoms with van der Waals surface area (Å²) in [6, 6.07) is 21.5. The van der Waals surface area contributed by atoms with Gasteiger partial charge in [-0.15, -0.1) is 0 Å². The molecular formula is C28H30ClN5. The molecule has 0 spiro atoms. The Morgan fingerprint density at radius 3 is 2.44 bits per heavy atom. The van der Waals surface area contributed by atoms with Gasteiger partial charge in [0.15, 0.2) is 5.15 Å². The second-order valence-corrected chi connectivity index (χ2v) is 9.41. The van der Waals surface area contributed by atoms with Crippen LogP contribution in [0, 0.1) is 0 Å². The van der Waals surface area contributed by atoms with Crippen molar-refractivity contribution in [2.45, 2.75) is 6.42 Å². The maximum atomic E-state index is 6.30. The minimum atomic E-state index is 0.516. The quantitative estimate of drug-likeness (QED) is 0.353. The summed E-state index contributed by atoms with van der Waals surface area (Å²) in [5.74, 6) is 0. The second kappa shape index (κ2) is 10.00. The Morgan fingerprint density at radius 1 is 0.882 bits per heavy atom. The lowest BCUT2D eigenvalue weighted by Gasteiger charge is -2.36. The van der Waals surface area contributed by atoms with E-state index in [4.69, 9.17) is 11.6 Å². The molecule has 4 aromatic rings. The van der Waals surface area contributed by atoms with Gasteiger partial charge in [0.2, 0.25) is 0 Å². The van der Waals surface area contributed by atoms with Crippen molar-refractivity contribution in [1.29, 1.82) is 0 Å². The lowest BCUT2D eigenvalue weighted by atomic mass is 10.0. The van der Waals surface area contributed by atoms with E-state index < -0.39 is 0 Å². The minimum absolute atomic E-state index is 0.516. The van der Waals surface area contributed by atoms with Crippen molar-refractivity contribution >= 4 is 33.9 Å². The molecule has 174 valence electrons. The molecule has 1 saturated heterocycles. The van der Waals surface area contributed by atoms with Crippen LogP contribution in [0.15, 0.2) is 73.1 Å². The van der Waals surface area contributed by atoms with Gasteiger partial charge in [0.25, 0.3) is 0 Å². The summed E-state index contributed by atoms with van der Waals surface area (Å²) in [7, 11) is 3.96. The molecule has 0 bridgehead atoms. The molecule has 0 aliphatic carbocycles. The monoisotopic (exact) mass is 471 g/mol. The number of piperazine rings is 1. The van der Waals surface area contributed by atoms with Crippen LogP contribution in [0.25, 0.3) is 22.0 Å². The Labute approximate surface area is 206 Å². The molecule has 2 aromatic carbocycles. The minimum Gasteiger partial charge on any atom is -0.375 e. The number of nitrogens with zero attached hydrogens (tertiary/aromatic N) is 5. The predicted octanol–water partition coefficient (Wildman–Crippen LogP) is 5.38. The van der Waals surface area contributed by atoms with E-state index in [-0.39, 0.29) is 0 Å². The highest BCUT2D eigenvalue weighted by atomic mass is 35.5. The van der Waals surface area contributed by atoms with Crippen molar-refractivity contribution in [3.8, 4) is 11.1 Å². The van der Waals surface area contributed by atoms with Crippen molar-refractivity contribution in [2.24, 2.45) is 0 Å². The Balaban J connectivity index is 1.35. The lowest BCUT2D eigenvalue weighted by molar-refractivity contribution is 0.261. The van der Waals surface area contributed by atoms with Crippen molar-refractivity contribution in [3.63, 3.8) is 0 Å². The number of halogens is 1. The summed E-state index contributed by atoms with van der Waals surface area (Å²) < 4.78 is 0. The average molecular weight is 472 g/mol. The van der Waals surface area contributed by atoms with Gasteiger partial charge in [0.1, 0.15) is 0 Å². The molecule has 34 heavy (non-hydrogen) atoms. The number of aromatic nitrogens is 2. The number of pyridine rings is 2. The van der Waals surface area contributed by atoms with Crippen LogP contribution in [0.1, 0.15) is 5.56 Å². The van der Waals surface area contributed by atoms with Gasteiger partial charge in [-0.05, 0) is 41.8 Å². The van der Waals surface area contributed by atoms with Crippen LogP contribution >= 0.6 is 11.6 Å². The molecular weight excluding hydrogens is 442 g/mol. The summed E-state index contributed by atoms with van der Waals surface area (Å²) in [5.41, 5.74) is 6.77. The van der Waals surface area contributed by atoms with E-state index in [1.165, 1.54) is 16.6 Å². The smallest absolute Gasteiger partial charge is 0.152 e. The summed E-state index contributed by atoms with van der Waals surface area (Å²) in [6.45, 7) is 5.29. The van der Waals surface area contributed by atoms with Crippen molar-refractivity contribution in [1.82, 2.24) is 14.9 Å². The zero-order chi connectivity index (χ0) is 23.5. The Kier molecular flexibility index (Phi) is 6.66. The van der Waals surface area contributed by atoms with Gasteiger partial charge >= 0.3 is 0 Å². The van der Waals surface area contributed by atoms with Crippen LogP contribution in [0.4, 0.5) is 11.4 Å². The first-order chi connectivity index (χ1) is 16.6. The lowest BCUT2D eigenvalue weighted by Crippen LogP contribution is -2.47. The number of hydrogen-bond acceptors (Lipinski definition) is 5. The fraction of sp³-hybridized carbons (Fsp3) is 0.286. The number of fused-ring (bicyclic) bond motifs is 1. The van der Waals surface area contributed by atoms with Crippen LogP contribution in [0.2, 0.25) is 5.15 Å². The van der Waals surface area contributed by atoms with E-state index in [1.807, 2.05) is 31.4 Å². The van der Waals surface area contributed by atoms with Gasteiger partial charge in [-0.2, -0.15) is 0 Å². The summed E-state index contributed by atoms with van der Waals surface area (Å²) in [4.78, 5) is 16.1. The predicted molar refractivity (Wildman–Crippen MR) is 143 cm³/mol. The van der Waals surface area contributed by atoms with Crippen molar-refractivity contribution < 1.29 is 0 Å². The molecule has 0 N–H and O–H groups in total. The molecule has 0 saturated carbocycles. The highest BCUT2D eigenvalue weighted by Crippen LogP contribution is 2.33. The van der Waals surface area contributed by atoms with Gasteiger partial charge in [-0.1, -0.05) is 48.0 Å². The summed E-state index contributed by atoms with van der Waals surface area (Å²) in [6.07, 6.45) is 4.87. The molecule has 2 aromatic heterocycles. The largest absolute Gasteiger partial charge is 0.375 e. The molecule has 6 heteroatoms. The number of hydrogen-bond donors (Lipinski definition) is 0. The van der Waals surface area contributed by atoms with Gasteiger partial charge in [-0.25, -0.2) is 4.98 Å². The SMILES string of the molecule is CN(C)c1cc(-c2ccc3nccc(N4CCN(CCc5ccccc5)CC4)c3c2)cnc1Cl.